The molecule has 36 heavy (non-hydrogen) atoms. The molecule has 0 spiro atoms. The Hall–Kier alpha value is -3.68. The Morgan fingerprint density at radius 2 is 1.69 bits per heavy atom. The summed E-state index contributed by atoms with van der Waals surface area (Å²) in [5.74, 6) is 3.56. The molecule has 1 aromatic heterocycles. The molecule has 0 saturated heterocycles. The quantitative estimate of drug-likeness (QED) is 0.469. The summed E-state index contributed by atoms with van der Waals surface area (Å²) in [5, 5.41) is 14.6. The minimum Gasteiger partial charge on any atom is -0.493 e. The zero-order chi connectivity index (χ0) is 24.5. The van der Waals surface area contributed by atoms with E-state index in [4.69, 9.17) is 9.47 Å². The Bertz CT molecular complexity index is 1220. The lowest BCUT2D eigenvalue weighted by Gasteiger charge is -2.57. The Balaban J connectivity index is 1.05. The molecule has 1 amide bonds. The highest BCUT2D eigenvalue weighted by Crippen LogP contribution is 2.60. The summed E-state index contributed by atoms with van der Waals surface area (Å²) >= 11 is 0. The maximum absolute atomic E-state index is 12.6. The molecule has 4 saturated carbocycles. The fourth-order valence-electron chi connectivity index (χ4n) is 6.98. The van der Waals surface area contributed by atoms with Gasteiger partial charge in [0, 0.05) is 5.69 Å². The van der Waals surface area contributed by atoms with Gasteiger partial charge in [0.2, 0.25) is 0 Å². The van der Waals surface area contributed by atoms with Crippen molar-refractivity contribution in [3.63, 3.8) is 0 Å². The molecule has 1 heterocycles. The first kappa shape index (κ1) is 22.8. The van der Waals surface area contributed by atoms with Crippen LogP contribution >= 0.6 is 0 Å². The van der Waals surface area contributed by atoms with Gasteiger partial charge in [0.1, 0.15) is 12.7 Å². The number of nitrogens with one attached hydrogen (secondary N) is 1. The van der Waals surface area contributed by atoms with Crippen LogP contribution in [0.15, 0.2) is 60.2 Å². The molecule has 4 fully saturated rings. The van der Waals surface area contributed by atoms with Crippen LogP contribution in [0.5, 0.6) is 11.5 Å². The van der Waals surface area contributed by atoms with Crippen LogP contribution in [0.4, 0.5) is 5.69 Å². The topological polar surface area (TPSA) is 90.6 Å². The summed E-state index contributed by atoms with van der Waals surface area (Å²) in [6, 6.07) is 13.9. The number of hydrogen-bond acceptors (Lipinski definition) is 6. The first-order valence-corrected chi connectivity index (χ1v) is 12.7. The standard InChI is InChI=1S/C28H31N5O3/c1-35-26-11-19(15-31-33-17-29-30-18-33)2-7-25(26)36-16-27(34)32-24-5-3-23(4-6-24)28-12-20-8-21(13-28)10-22(9-20)14-28/h2-7,11,15,17-18,20-22H,8-10,12-14,16H2,1H3,(H,32,34)/b31-15-. The summed E-state index contributed by atoms with van der Waals surface area (Å²) in [6.07, 6.45) is 13.0. The van der Waals surface area contributed by atoms with Crippen LogP contribution in [0.25, 0.3) is 0 Å². The van der Waals surface area contributed by atoms with Crippen molar-refractivity contribution in [3.8, 4) is 11.5 Å². The first-order valence-electron chi connectivity index (χ1n) is 12.7. The zero-order valence-corrected chi connectivity index (χ0v) is 20.5. The molecule has 4 bridgehead atoms. The van der Waals surface area contributed by atoms with Gasteiger partial charge in [0.25, 0.3) is 5.91 Å². The Labute approximate surface area is 210 Å². The van der Waals surface area contributed by atoms with Gasteiger partial charge in [-0.2, -0.15) is 5.10 Å². The van der Waals surface area contributed by atoms with Crippen molar-refractivity contribution < 1.29 is 14.3 Å². The molecular weight excluding hydrogens is 454 g/mol. The maximum atomic E-state index is 12.6. The van der Waals surface area contributed by atoms with Crippen LogP contribution in [0.1, 0.15) is 49.7 Å². The minimum absolute atomic E-state index is 0.110. The highest BCUT2D eigenvalue weighted by Gasteiger charge is 2.51. The van der Waals surface area contributed by atoms with Gasteiger partial charge in [-0.25, -0.2) is 4.68 Å². The number of ether oxygens (including phenoxy) is 2. The Morgan fingerprint density at radius 1 is 1.03 bits per heavy atom. The van der Waals surface area contributed by atoms with Gasteiger partial charge in [-0.1, -0.05) is 12.1 Å². The Kier molecular flexibility index (Phi) is 5.95. The molecule has 0 atom stereocenters. The smallest absolute Gasteiger partial charge is 0.262 e. The van der Waals surface area contributed by atoms with Crippen LogP contribution in [0.2, 0.25) is 0 Å². The van der Waals surface area contributed by atoms with Gasteiger partial charge in [-0.05, 0) is 103 Å². The third-order valence-corrected chi connectivity index (χ3v) is 8.11. The van der Waals surface area contributed by atoms with Crippen molar-refractivity contribution in [3.05, 3.63) is 66.2 Å². The molecule has 0 unspecified atom stereocenters. The fraction of sp³-hybridized carbons (Fsp3) is 0.429. The predicted molar refractivity (Wildman–Crippen MR) is 136 cm³/mol. The van der Waals surface area contributed by atoms with Gasteiger partial charge in [0.15, 0.2) is 18.1 Å². The van der Waals surface area contributed by atoms with Gasteiger partial charge in [0.05, 0.1) is 13.3 Å². The molecule has 186 valence electrons. The van der Waals surface area contributed by atoms with E-state index in [9.17, 15) is 4.79 Å². The fourth-order valence-corrected chi connectivity index (χ4v) is 6.98. The summed E-state index contributed by atoms with van der Waals surface area (Å²) in [4.78, 5) is 12.6. The second-order valence-corrected chi connectivity index (χ2v) is 10.6. The second-order valence-electron chi connectivity index (χ2n) is 10.6. The molecule has 8 nitrogen and oxygen atoms in total. The Morgan fingerprint density at radius 3 is 2.33 bits per heavy atom. The van der Waals surface area contributed by atoms with Crippen LogP contribution in [0.3, 0.4) is 0 Å². The molecule has 7 rings (SSSR count). The van der Waals surface area contributed by atoms with Crippen molar-refractivity contribution in [2.24, 2.45) is 22.9 Å². The first-order chi connectivity index (χ1) is 17.6. The summed E-state index contributed by atoms with van der Waals surface area (Å²) < 4.78 is 12.7. The maximum Gasteiger partial charge on any atom is 0.262 e. The molecule has 0 aliphatic heterocycles. The van der Waals surface area contributed by atoms with Crippen molar-refractivity contribution >= 4 is 17.8 Å². The monoisotopic (exact) mass is 485 g/mol. The van der Waals surface area contributed by atoms with E-state index in [1.165, 1.54) is 61.4 Å². The van der Waals surface area contributed by atoms with Crippen molar-refractivity contribution in [1.29, 1.82) is 0 Å². The highest BCUT2D eigenvalue weighted by molar-refractivity contribution is 5.92. The zero-order valence-electron chi connectivity index (χ0n) is 20.5. The number of aromatic nitrogens is 3. The average molecular weight is 486 g/mol. The number of rotatable bonds is 8. The number of carbonyl (C=O) groups excluding carboxylic acids is 1. The van der Waals surface area contributed by atoms with Crippen LogP contribution in [0, 0.1) is 17.8 Å². The molecule has 3 aromatic rings. The summed E-state index contributed by atoms with van der Waals surface area (Å²) in [5.41, 5.74) is 3.43. The van der Waals surface area contributed by atoms with E-state index >= 15 is 0 Å². The van der Waals surface area contributed by atoms with E-state index in [0.717, 1.165) is 29.0 Å². The summed E-state index contributed by atoms with van der Waals surface area (Å²) in [7, 11) is 1.56. The number of amides is 1. The SMILES string of the molecule is COc1cc(/C=N\n2cnnc2)ccc1OCC(=O)Nc1ccc(C23CC4CC(CC(C4)C2)C3)cc1. The molecule has 1 N–H and O–H groups in total. The normalized spacial score (nSPS) is 26.3. The van der Waals surface area contributed by atoms with Gasteiger partial charge in [-0.15, -0.1) is 10.2 Å². The average Bonchev–Trinajstić information content (AvgIpc) is 3.40. The lowest BCUT2D eigenvalue weighted by Crippen LogP contribution is -2.48. The number of hydrogen-bond donors (Lipinski definition) is 1. The van der Waals surface area contributed by atoms with E-state index < -0.39 is 0 Å². The van der Waals surface area contributed by atoms with Crippen molar-refractivity contribution in [2.75, 3.05) is 19.0 Å². The number of carbonyl (C=O) groups is 1. The van der Waals surface area contributed by atoms with Crippen molar-refractivity contribution in [1.82, 2.24) is 14.9 Å². The lowest BCUT2D eigenvalue weighted by molar-refractivity contribution is -0.118. The number of anilines is 1. The molecule has 8 heteroatoms. The third kappa shape index (κ3) is 4.59. The van der Waals surface area contributed by atoms with E-state index in [1.54, 1.807) is 25.5 Å². The largest absolute Gasteiger partial charge is 0.493 e. The highest BCUT2D eigenvalue weighted by atomic mass is 16.5. The molecule has 4 aliphatic rings. The second kappa shape index (κ2) is 9.41. The van der Waals surface area contributed by atoms with E-state index in [0.29, 0.717) is 16.9 Å². The van der Waals surface area contributed by atoms with E-state index in [-0.39, 0.29) is 12.5 Å². The minimum atomic E-state index is -0.210. The molecule has 2 aromatic carbocycles. The van der Waals surface area contributed by atoms with E-state index in [2.05, 4.69) is 32.7 Å². The molecule has 4 aliphatic carbocycles. The predicted octanol–water partition coefficient (Wildman–Crippen LogP) is 4.65. The number of benzene rings is 2. The molecular formula is C28H31N5O3. The number of nitrogens with zero attached hydrogens (tertiary/aromatic N) is 4. The van der Waals surface area contributed by atoms with Gasteiger partial charge in [-0.3, -0.25) is 4.79 Å². The van der Waals surface area contributed by atoms with Crippen LogP contribution in [-0.4, -0.2) is 40.7 Å². The van der Waals surface area contributed by atoms with Crippen LogP contribution in [-0.2, 0) is 10.2 Å². The molecule has 0 radical (unpaired) electrons. The third-order valence-electron chi connectivity index (χ3n) is 8.11. The summed E-state index contributed by atoms with van der Waals surface area (Å²) in [6.45, 7) is -0.110. The van der Waals surface area contributed by atoms with Crippen LogP contribution < -0.4 is 14.8 Å². The number of methoxy groups -OCH3 is 1. The van der Waals surface area contributed by atoms with Crippen molar-refractivity contribution in [2.45, 2.75) is 43.9 Å². The van der Waals surface area contributed by atoms with E-state index in [1.807, 2.05) is 18.2 Å². The lowest BCUT2D eigenvalue weighted by atomic mass is 9.48. The van der Waals surface area contributed by atoms with Gasteiger partial charge >= 0.3 is 0 Å². The van der Waals surface area contributed by atoms with Gasteiger partial charge < -0.3 is 14.8 Å².